The number of nitrogens with one attached hydrogen (secondary N) is 2. The maximum Gasteiger partial charge on any atom is 0.475 e. The van der Waals surface area contributed by atoms with E-state index in [-0.39, 0.29) is 12.8 Å². The van der Waals surface area contributed by atoms with E-state index >= 15 is 0 Å². The van der Waals surface area contributed by atoms with Crippen molar-refractivity contribution in [2.24, 2.45) is 0 Å². The molecule has 0 heterocycles. The van der Waals surface area contributed by atoms with Crippen molar-refractivity contribution in [1.29, 1.82) is 0 Å². The highest BCUT2D eigenvalue weighted by molar-refractivity contribution is 6.43. The van der Waals surface area contributed by atoms with E-state index in [4.69, 9.17) is 0 Å². The standard InChI is InChI=1S/C24H23BF2N2O4/c26-19-11-9-16(10-12-19)13-22(25(32)33)29-23(30)15-21(18-7-4-8-20(27)14-18)28-24(31)17-5-2-1-3-6-17/h1-12,14,21-22,32-33H,13,15H2,(H,28,31)(H,29,30). The highest BCUT2D eigenvalue weighted by Crippen LogP contribution is 2.19. The molecule has 4 N–H and O–H groups in total. The molecule has 0 radical (unpaired) electrons. The van der Waals surface area contributed by atoms with Gasteiger partial charge in [0.15, 0.2) is 0 Å². The largest absolute Gasteiger partial charge is 0.475 e. The molecule has 2 unspecified atom stereocenters. The van der Waals surface area contributed by atoms with Crippen LogP contribution in [0.2, 0.25) is 0 Å². The lowest BCUT2D eigenvalue weighted by molar-refractivity contribution is -0.122. The summed E-state index contributed by atoms with van der Waals surface area (Å²) in [4.78, 5) is 25.4. The molecular weight excluding hydrogens is 429 g/mol. The Morgan fingerprint density at radius 3 is 2.18 bits per heavy atom. The number of halogens is 2. The quantitative estimate of drug-likeness (QED) is 0.375. The molecule has 0 bridgehead atoms. The Kier molecular flexibility index (Phi) is 8.29. The summed E-state index contributed by atoms with van der Waals surface area (Å²) < 4.78 is 26.9. The molecule has 0 aromatic heterocycles. The zero-order valence-corrected chi connectivity index (χ0v) is 17.6. The fourth-order valence-corrected chi connectivity index (χ4v) is 3.36. The van der Waals surface area contributed by atoms with Gasteiger partial charge in [0, 0.05) is 5.56 Å². The molecule has 0 saturated carbocycles. The van der Waals surface area contributed by atoms with E-state index < -0.39 is 42.6 Å². The third-order valence-corrected chi connectivity index (χ3v) is 5.06. The van der Waals surface area contributed by atoms with Crippen molar-refractivity contribution in [2.45, 2.75) is 24.8 Å². The van der Waals surface area contributed by atoms with Crippen LogP contribution in [0.4, 0.5) is 8.78 Å². The Morgan fingerprint density at radius 1 is 0.848 bits per heavy atom. The molecule has 9 heteroatoms. The predicted molar refractivity (Wildman–Crippen MR) is 120 cm³/mol. The third-order valence-electron chi connectivity index (χ3n) is 5.06. The molecule has 0 aliphatic rings. The van der Waals surface area contributed by atoms with Crippen LogP contribution in [0.15, 0.2) is 78.9 Å². The molecule has 0 aliphatic carbocycles. The van der Waals surface area contributed by atoms with E-state index in [0.717, 1.165) is 0 Å². The van der Waals surface area contributed by atoms with Gasteiger partial charge in [0.05, 0.1) is 18.4 Å². The summed E-state index contributed by atoms with van der Waals surface area (Å²) in [6.45, 7) is 0. The lowest BCUT2D eigenvalue weighted by atomic mass is 9.76. The van der Waals surface area contributed by atoms with Crippen LogP contribution in [-0.4, -0.2) is 34.9 Å². The first-order valence-corrected chi connectivity index (χ1v) is 10.3. The van der Waals surface area contributed by atoms with Crippen LogP contribution >= 0.6 is 0 Å². The van der Waals surface area contributed by atoms with E-state index in [1.54, 1.807) is 36.4 Å². The van der Waals surface area contributed by atoms with Crippen molar-refractivity contribution < 1.29 is 28.4 Å². The van der Waals surface area contributed by atoms with Gasteiger partial charge in [-0.2, -0.15) is 0 Å². The summed E-state index contributed by atoms with van der Waals surface area (Å²) in [6.07, 6.45) is -0.223. The molecule has 3 aromatic rings. The van der Waals surface area contributed by atoms with Crippen LogP contribution in [0.1, 0.15) is 33.9 Å². The third kappa shape index (κ3) is 7.23. The summed E-state index contributed by atoms with van der Waals surface area (Å²) in [5.41, 5.74) is 1.35. The smallest absolute Gasteiger partial charge is 0.426 e. The molecular formula is C24H23BF2N2O4. The van der Waals surface area contributed by atoms with E-state index in [1.807, 2.05) is 0 Å². The van der Waals surface area contributed by atoms with Gasteiger partial charge in [-0.05, 0) is 53.9 Å². The van der Waals surface area contributed by atoms with Gasteiger partial charge in [-0.25, -0.2) is 8.78 Å². The van der Waals surface area contributed by atoms with E-state index in [0.29, 0.717) is 16.7 Å². The van der Waals surface area contributed by atoms with Crippen molar-refractivity contribution in [1.82, 2.24) is 10.6 Å². The number of carbonyl (C=O) groups excluding carboxylic acids is 2. The van der Waals surface area contributed by atoms with Gasteiger partial charge in [-0.3, -0.25) is 9.59 Å². The lowest BCUT2D eigenvalue weighted by Crippen LogP contribution is -2.48. The van der Waals surface area contributed by atoms with Gasteiger partial charge in [-0.15, -0.1) is 0 Å². The average Bonchev–Trinajstić information content (AvgIpc) is 2.80. The molecule has 3 aromatic carbocycles. The minimum absolute atomic E-state index is 0.0463. The molecule has 0 saturated heterocycles. The van der Waals surface area contributed by atoms with E-state index in [1.165, 1.54) is 42.5 Å². The Labute approximate surface area is 190 Å². The zero-order chi connectivity index (χ0) is 23.8. The van der Waals surface area contributed by atoms with Crippen LogP contribution < -0.4 is 10.6 Å². The minimum atomic E-state index is -1.87. The van der Waals surface area contributed by atoms with Gasteiger partial charge in [0.2, 0.25) is 5.91 Å². The van der Waals surface area contributed by atoms with Crippen molar-refractivity contribution in [3.8, 4) is 0 Å². The van der Waals surface area contributed by atoms with Crippen LogP contribution in [0.3, 0.4) is 0 Å². The number of rotatable bonds is 9. The van der Waals surface area contributed by atoms with Crippen molar-refractivity contribution in [3.05, 3.63) is 107 Å². The molecule has 2 amide bonds. The molecule has 33 heavy (non-hydrogen) atoms. The monoisotopic (exact) mass is 452 g/mol. The fourth-order valence-electron chi connectivity index (χ4n) is 3.36. The van der Waals surface area contributed by atoms with E-state index in [9.17, 15) is 28.4 Å². The lowest BCUT2D eigenvalue weighted by Gasteiger charge is -2.22. The Hall–Kier alpha value is -3.56. The van der Waals surface area contributed by atoms with Gasteiger partial charge in [-0.1, -0.05) is 42.5 Å². The minimum Gasteiger partial charge on any atom is -0.426 e. The SMILES string of the molecule is O=C(CC(NC(=O)c1ccccc1)c1cccc(F)c1)NC(Cc1ccc(F)cc1)B(O)O. The van der Waals surface area contributed by atoms with Crippen molar-refractivity contribution in [2.75, 3.05) is 0 Å². The Morgan fingerprint density at radius 2 is 1.55 bits per heavy atom. The molecule has 6 nitrogen and oxygen atoms in total. The van der Waals surface area contributed by atoms with Crippen LogP contribution in [0.5, 0.6) is 0 Å². The van der Waals surface area contributed by atoms with E-state index in [2.05, 4.69) is 10.6 Å². The molecule has 2 atom stereocenters. The van der Waals surface area contributed by atoms with Gasteiger partial charge in [0.1, 0.15) is 11.6 Å². The summed E-state index contributed by atoms with van der Waals surface area (Å²) in [5.74, 6) is -3.05. The predicted octanol–water partition coefficient (Wildman–Crippen LogP) is 2.57. The second-order valence-corrected chi connectivity index (χ2v) is 7.57. The van der Waals surface area contributed by atoms with Gasteiger partial charge >= 0.3 is 7.12 Å². The summed E-state index contributed by atoms with van der Waals surface area (Å²) in [6, 6.07) is 18.5. The first kappa shape index (κ1) is 24.1. The summed E-state index contributed by atoms with van der Waals surface area (Å²) in [7, 11) is -1.87. The summed E-state index contributed by atoms with van der Waals surface area (Å²) >= 11 is 0. The molecule has 0 fully saturated rings. The second-order valence-electron chi connectivity index (χ2n) is 7.57. The number of benzene rings is 3. The van der Waals surface area contributed by atoms with Crippen LogP contribution in [-0.2, 0) is 11.2 Å². The number of hydrogen-bond acceptors (Lipinski definition) is 4. The maximum absolute atomic E-state index is 13.8. The fraction of sp³-hybridized carbons (Fsp3) is 0.167. The second kappa shape index (κ2) is 11.4. The van der Waals surface area contributed by atoms with Gasteiger partial charge < -0.3 is 20.7 Å². The number of amides is 2. The molecule has 0 aliphatic heterocycles. The normalized spacial score (nSPS) is 12.5. The maximum atomic E-state index is 13.8. The Bertz CT molecular complexity index is 1080. The van der Waals surface area contributed by atoms with Crippen molar-refractivity contribution in [3.63, 3.8) is 0 Å². The highest BCUT2D eigenvalue weighted by Gasteiger charge is 2.27. The number of hydrogen-bond donors (Lipinski definition) is 4. The average molecular weight is 452 g/mol. The first-order chi connectivity index (χ1) is 15.8. The summed E-state index contributed by atoms with van der Waals surface area (Å²) in [5, 5.41) is 24.7. The number of carbonyl (C=O) groups is 2. The van der Waals surface area contributed by atoms with Gasteiger partial charge in [0.25, 0.3) is 5.91 Å². The Balaban J connectivity index is 1.73. The topological polar surface area (TPSA) is 98.7 Å². The first-order valence-electron chi connectivity index (χ1n) is 10.3. The molecule has 0 spiro atoms. The van der Waals surface area contributed by atoms with Crippen molar-refractivity contribution >= 4 is 18.9 Å². The highest BCUT2D eigenvalue weighted by atomic mass is 19.1. The zero-order valence-electron chi connectivity index (χ0n) is 17.6. The molecule has 170 valence electrons. The molecule has 3 rings (SSSR count). The van der Waals surface area contributed by atoms with Crippen LogP contribution in [0.25, 0.3) is 0 Å². The van der Waals surface area contributed by atoms with Crippen LogP contribution in [0, 0.1) is 11.6 Å².